The highest BCUT2D eigenvalue weighted by atomic mass is 31.2. The maximum Gasteiger partial charge on any atom is 0.351 e. The Kier molecular flexibility index (Phi) is 13.5. The quantitative estimate of drug-likeness (QED) is 0.0495. The Bertz CT molecular complexity index is 2080. The molecule has 3 aromatic carbocycles. The third-order valence-corrected chi connectivity index (χ3v) is 13.0. The summed E-state index contributed by atoms with van der Waals surface area (Å²) in [5, 5.41) is 0. The number of aromatic nitrogens is 2. The average Bonchev–Trinajstić information content (AvgIpc) is 3.69. The summed E-state index contributed by atoms with van der Waals surface area (Å²) in [5.74, 6) is 3.59. The van der Waals surface area contributed by atoms with Crippen molar-refractivity contribution in [2.45, 2.75) is 95.3 Å². The molecule has 2 aliphatic rings. The third kappa shape index (κ3) is 9.19. The van der Waals surface area contributed by atoms with Gasteiger partial charge in [-0.05, 0) is 88.6 Å². The van der Waals surface area contributed by atoms with Gasteiger partial charge in [-0.25, -0.2) is 4.79 Å². The number of carbonyl (C=O) groups excluding carboxylic acids is 1. The second-order valence-electron chi connectivity index (χ2n) is 15.9. The van der Waals surface area contributed by atoms with Gasteiger partial charge in [0.2, 0.25) is 0 Å². The van der Waals surface area contributed by atoms with E-state index in [-0.39, 0.29) is 43.7 Å². The van der Waals surface area contributed by atoms with Crippen molar-refractivity contribution >= 4 is 20.1 Å². The zero-order valence-electron chi connectivity index (χ0n) is 35.0. The van der Waals surface area contributed by atoms with Crippen molar-refractivity contribution in [1.29, 1.82) is 0 Å². The number of hydrogen-bond acceptors (Lipinski definition) is 12. The lowest BCUT2D eigenvalue weighted by Crippen LogP contribution is -2.49. The first-order chi connectivity index (χ1) is 28.2. The maximum absolute atomic E-state index is 13.8. The van der Waals surface area contributed by atoms with Crippen molar-refractivity contribution in [3.63, 3.8) is 0 Å². The van der Waals surface area contributed by atoms with Gasteiger partial charge in [-0.1, -0.05) is 54.6 Å². The van der Waals surface area contributed by atoms with Crippen molar-refractivity contribution in [3.8, 4) is 23.8 Å². The minimum absolute atomic E-state index is 0.0173. The van der Waals surface area contributed by atoms with Crippen LogP contribution in [0.3, 0.4) is 0 Å². The third-order valence-electron chi connectivity index (χ3n) is 10.5. The first-order valence-corrected chi connectivity index (χ1v) is 21.1. The second kappa shape index (κ2) is 18.2. The Morgan fingerprint density at radius 1 is 0.966 bits per heavy atom. The second-order valence-corrected chi connectivity index (χ2v) is 17.6. The summed E-state index contributed by atoms with van der Waals surface area (Å²) in [4.78, 5) is 31.1. The van der Waals surface area contributed by atoms with Gasteiger partial charge in [-0.2, -0.15) is 4.98 Å². The number of anilines is 1. The fourth-order valence-corrected chi connectivity index (χ4v) is 10.2. The smallest absolute Gasteiger partial charge is 0.351 e. The molecule has 0 spiro atoms. The average molecular weight is 827 g/mol. The van der Waals surface area contributed by atoms with E-state index in [1.165, 1.54) is 16.8 Å². The zero-order chi connectivity index (χ0) is 42.5. The van der Waals surface area contributed by atoms with Crippen LogP contribution in [-0.2, 0) is 33.9 Å². The number of terminal acetylenes is 1. The Balaban J connectivity index is 1.48. The number of hydrogen-bond donors (Lipinski definition) is 1. The summed E-state index contributed by atoms with van der Waals surface area (Å²) in [6, 6.07) is 26.9. The molecule has 4 aromatic rings. The number of methoxy groups -OCH3 is 2. The van der Waals surface area contributed by atoms with Crippen LogP contribution < -0.4 is 20.9 Å². The number of nitrogens with zero attached hydrogens (tertiary/aromatic N) is 3. The van der Waals surface area contributed by atoms with E-state index in [0.717, 1.165) is 16.7 Å². The molecule has 3 heterocycles. The summed E-state index contributed by atoms with van der Waals surface area (Å²) < 4.78 is 48.7. The van der Waals surface area contributed by atoms with Crippen molar-refractivity contribution in [1.82, 2.24) is 14.2 Å². The molecule has 2 aliphatic heterocycles. The number of rotatable bonds is 18. The number of fused-ring (bicyclic) bond motifs is 2. The van der Waals surface area contributed by atoms with E-state index < -0.39 is 55.2 Å². The van der Waals surface area contributed by atoms with Crippen LogP contribution in [0.2, 0.25) is 0 Å². The molecule has 59 heavy (non-hydrogen) atoms. The Morgan fingerprint density at radius 2 is 1.54 bits per heavy atom. The number of esters is 1. The van der Waals surface area contributed by atoms with E-state index in [0.29, 0.717) is 11.5 Å². The van der Waals surface area contributed by atoms with Gasteiger partial charge in [0.05, 0.1) is 27.4 Å². The molecule has 2 N–H and O–H groups in total. The van der Waals surface area contributed by atoms with Gasteiger partial charge >= 0.3 is 11.7 Å². The SMILES string of the molecule is C#CCC(C)(C)OC(=O)CP(OC1[C@@H]2OC[C@]1(COC(c1ccccc1)(c1ccc(OC)cc1)c1ccc(OC)cc1)O[C@H]2n1ccc(N)nc1=O)N(C(C)C)C(C)C. The molecular formula is C45H55N4O9P. The lowest BCUT2D eigenvalue weighted by Gasteiger charge is -2.42. The van der Waals surface area contributed by atoms with Crippen LogP contribution in [-0.4, -0.2) is 89.3 Å². The van der Waals surface area contributed by atoms with Gasteiger partial charge in [-0.15, -0.1) is 12.3 Å². The van der Waals surface area contributed by atoms with E-state index >= 15 is 0 Å². The molecule has 13 nitrogen and oxygen atoms in total. The molecule has 2 bridgehead atoms. The maximum atomic E-state index is 13.8. The van der Waals surface area contributed by atoms with Crippen LogP contribution in [0.1, 0.15) is 70.9 Å². The molecule has 2 fully saturated rings. The van der Waals surface area contributed by atoms with Gasteiger partial charge < -0.3 is 38.7 Å². The van der Waals surface area contributed by atoms with E-state index in [4.69, 9.17) is 45.1 Å². The molecule has 5 atom stereocenters. The van der Waals surface area contributed by atoms with Gasteiger partial charge in [-0.3, -0.25) is 14.0 Å². The molecule has 314 valence electrons. The topological polar surface area (TPSA) is 146 Å². The molecule has 6 rings (SSSR count). The standard InChI is InChI=1S/C45H55N4O9P/c1-10-25-43(6,7)56-38(50)27-59(49(30(2)3)31(4)5)58-40-39-41(48-26-24-37(46)47-42(48)51)57-44(40,28-54-39)29-55-45(32-14-12-11-13-15-32,33-16-20-35(52-8)21-17-33)34-18-22-36(53-9)23-19-34/h1,11-24,26,30-31,39-41H,25,27-29H2,2-9H3,(H2,46,47,51)/t39-,40?,41+,44+,59?/m0/s1. The predicted molar refractivity (Wildman–Crippen MR) is 226 cm³/mol. The molecule has 2 saturated heterocycles. The summed E-state index contributed by atoms with van der Waals surface area (Å²) in [7, 11) is 1.54. The Morgan fingerprint density at radius 3 is 2.07 bits per heavy atom. The van der Waals surface area contributed by atoms with Gasteiger partial charge in [0.25, 0.3) is 0 Å². The van der Waals surface area contributed by atoms with Gasteiger partial charge in [0.15, 0.2) is 6.23 Å². The summed E-state index contributed by atoms with van der Waals surface area (Å²) >= 11 is 0. The zero-order valence-corrected chi connectivity index (χ0v) is 35.9. The van der Waals surface area contributed by atoms with Crippen molar-refractivity contribution in [2.24, 2.45) is 0 Å². The molecule has 0 saturated carbocycles. The van der Waals surface area contributed by atoms with Crippen molar-refractivity contribution in [2.75, 3.05) is 39.3 Å². The Labute approximate surface area is 347 Å². The molecule has 0 aliphatic carbocycles. The highest BCUT2D eigenvalue weighted by molar-refractivity contribution is 7.51. The van der Waals surface area contributed by atoms with E-state index in [1.807, 2.05) is 78.9 Å². The summed E-state index contributed by atoms with van der Waals surface area (Å²) in [6.07, 6.45) is 4.75. The van der Waals surface area contributed by atoms with E-state index in [2.05, 4.69) is 43.3 Å². The first kappa shape index (κ1) is 43.8. The van der Waals surface area contributed by atoms with Crippen LogP contribution in [0.4, 0.5) is 5.82 Å². The molecule has 0 radical (unpaired) electrons. The summed E-state index contributed by atoms with van der Waals surface area (Å²) in [6.45, 7) is 11.8. The predicted octanol–water partition coefficient (Wildman–Crippen LogP) is 6.68. The van der Waals surface area contributed by atoms with Crippen LogP contribution in [0.5, 0.6) is 11.5 Å². The number of carbonyl (C=O) groups is 1. The number of benzene rings is 3. The largest absolute Gasteiger partial charge is 0.497 e. The lowest BCUT2D eigenvalue weighted by atomic mass is 9.79. The molecular weight excluding hydrogens is 771 g/mol. The van der Waals surface area contributed by atoms with Crippen LogP contribution >= 0.6 is 8.30 Å². The van der Waals surface area contributed by atoms with Crippen molar-refractivity contribution in [3.05, 3.63) is 118 Å². The van der Waals surface area contributed by atoms with Crippen molar-refractivity contribution < 1.29 is 37.7 Å². The number of nitrogen functional groups attached to an aromatic ring is 1. The molecule has 2 unspecified atom stereocenters. The normalized spacial score (nSPS) is 20.8. The molecule has 14 heteroatoms. The van der Waals surface area contributed by atoms with E-state index in [9.17, 15) is 9.59 Å². The van der Waals surface area contributed by atoms with Crippen LogP contribution in [0.25, 0.3) is 0 Å². The molecule has 0 amide bonds. The first-order valence-electron chi connectivity index (χ1n) is 19.7. The Hall–Kier alpha value is -4.80. The highest BCUT2D eigenvalue weighted by Gasteiger charge is 2.65. The lowest BCUT2D eigenvalue weighted by molar-refractivity contribution is -0.203. The number of ether oxygens (including phenoxy) is 6. The van der Waals surface area contributed by atoms with Gasteiger partial charge in [0, 0.05) is 24.7 Å². The monoisotopic (exact) mass is 826 g/mol. The molecule has 1 aromatic heterocycles. The van der Waals surface area contributed by atoms with Crippen LogP contribution in [0.15, 0.2) is 95.9 Å². The van der Waals surface area contributed by atoms with E-state index in [1.54, 1.807) is 28.1 Å². The van der Waals surface area contributed by atoms with Gasteiger partial charge in [0.1, 0.15) is 60.8 Å². The summed E-state index contributed by atoms with van der Waals surface area (Å²) in [5.41, 5.74) is 4.40. The number of nitrogens with two attached hydrogens (primary N) is 1. The minimum atomic E-state index is -1.70. The highest BCUT2D eigenvalue weighted by Crippen LogP contribution is 2.55. The van der Waals surface area contributed by atoms with Crippen LogP contribution in [0, 0.1) is 12.3 Å². The fourth-order valence-electron chi connectivity index (χ4n) is 7.95. The minimum Gasteiger partial charge on any atom is -0.497 e. The fraction of sp³-hybridized carbons (Fsp3) is 0.444.